The fourth-order valence-corrected chi connectivity index (χ4v) is 1.96. The summed E-state index contributed by atoms with van der Waals surface area (Å²) in [5.74, 6) is -0.288. The monoisotopic (exact) mass is 319 g/mol. The van der Waals surface area contributed by atoms with Gasteiger partial charge in [0, 0.05) is 18.3 Å². The Hall–Kier alpha value is -2.60. The van der Waals surface area contributed by atoms with E-state index in [-0.39, 0.29) is 17.2 Å². The number of hydrogen-bond acceptors (Lipinski definition) is 4. The van der Waals surface area contributed by atoms with Gasteiger partial charge in [-0.05, 0) is 30.3 Å². The molecule has 0 saturated heterocycles. The van der Waals surface area contributed by atoms with E-state index in [0.717, 1.165) is 0 Å². The topological polar surface area (TPSA) is 80.3 Å². The summed E-state index contributed by atoms with van der Waals surface area (Å²) in [5.41, 5.74) is 0.801. The smallest absolute Gasteiger partial charge is 0.274 e. The molecule has 0 aliphatic rings. The maximum Gasteiger partial charge on any atom is 0.274 e. The zero-order chi connectivity index (χ0) is 16.1. The number of aromatic nitrogens is 1. The van der Waals surface area contributed by atoms with Gasteiger partial charge in [0.25, 0.3) is 11.8 Å². The van der Waals surface area contributed by atoms with Gasteiger partial charge in [-0.2, -0.15) is 0 Å². The summed E-state index contributed by atoms with van der Waals surface area (Å²) in [4.78, 5) is 28.1. The number of hydrogen-bond donors (Lipinski definition) is 2. The number of pyridine rings is 1. The largest absolute Gasteiger partial charge is 0.497 e. The minimum absolute atomic E-state index is 0.158. The molecule has 2 aromatic rings. The van der Waals surface area contributed by atoms with Crippen molar-refractivity contribution in [3.05, 3.63) is 52.8 Å². The predicted molar refractivity (Wildman–Crippen MR) is 83.6 cm³/mol. The second-order valence-electron chi connectivity index (χ2n) is 4.30. The molecule has 2 N–H and O–H groups in total. The van der Waals surface area contributed by atoms with Crippen molar-refractivity contribution < 1.29 is 14.3 Å². The minimum Gasteiger partial charge on any atom is -0.497 e. The zero-order valence-corrected chi connectivity index (χ0v) is 12.8. The highest BCUT2D eigenvalue weighted by Crippen LogP contribution is 2.22. The molecule has 1 aromatic carbocycles. The van der Waals surface area contributed by atoms with E-state index in [4.69, 9.17) is 16.3 Å². The Bertz CT molecular complexity index is 719. The van der Waals surface area contributed by atoms with Crippen LogP contribution in [0.15, 0.2) is 36.5 Å². The number of carbonyl (C=O) groups is 2. The van der Waals surface area contributed by atoms with E-state index in [1.165, 1.54) is 26.4 Å². The quantitative estimate of drug-likeness (QED) is 0.906. The lowest BCUT2D eigenvalue weighted by Crippen LogP contribution is -2.22. The number of benzene rings is 1. The molecule has 0 saturated carbocycles. The number of rotatable bonds is 4. The van der Waals surface area contributed by atoms with E-state index in [2.05, 4.69) is 15.6 Å². The first kappa shape index (κ1) is 15.8. The SMILES string of the molecule is CNC(=O)c1cc(OC)ccc1NC(=O)c1cc(Cl)ccn1. The van der Waals surface area contributed by atoms with Gasteiger partial charge in [0.2, 0.25) is 0 Å². The first-order valence-corrected chi connectivity index (χ1v) is 6.76. The van der Waals surface area contributed by atoms with Crippen LogP contribution in [0.1, 0.15) is 20.8 Å². The second kappa shape index (κ2) is 6.91. The molecule has 22 heavy (non-hydrogen) atoms. The van der Waals surface area contributed by atoms with Gasteiger partial charge >= 0.3 is 0 Å². The molecular formula is C15H14ClN3O3. The summed E-state index contributed by atoms with van der Waals surface area (Å²) >= 11 is 5.84. The molecule has 0 unspecified atom stereocenters. The molecule has 0 bridgehead atoms. The van der Waals surface area contributed by atoms with Gasteiger partial charge in [-0.15, -0.1) is 0 Å². The number of carbonyl (C=O) groups excluding carboxylic acids is 2. The number of methoxy groups -OCH3 is 1. The van der Waals surface area contributed by atoms with E-state index >= 15 is 0 Å². The Morgan fingerprint density at radius 3 is 2.59 bits per heavy atom. The maximum absolute atomic E-state index is 12.2. The summed E-state index contributed by atoms with van der Waals surface area (Å²) in [7, 11) is 3.00. The molecule has 0 radical (unpaired) electrons. The van der Waals surface area contributed by atoms with Crippen LogP contribution in [0.5, 0.6) is 5.75 Å². The van der Waals surface area contributed by atoms with E-state index in [1.807, 2.05) is 0 Å². The lowest BCUT2D eigenvalue weighted by Gasteiger charge is -2.11. The van der Waals surface area contributed by atoms with Crippen LogP contribution in [0.25, 0.3) is 0 Å². The van der Waals surface area contributed by atoms with Crippen LogP contribution < -0.4 is 15.4 Å². The molecule has 0 fully saturated rings. The summed E-state index contributed by atoms with van der Waals surface area (Å²) in [6, 6.07) is 7.79. The predicted octanol–water partition coefficient (Wildman–Crippen LogP) is 2.36. The molecule has 0 atom stereocenters. The van der Waals surface area contributed by atoms with Crippen LogP contribution >= 0.6 is 11.6 Å². The van der Waals surface area contributed by atoms with E-state index in [9.17, 15) is 9.59 Å². The molecular weight excluding hydrogens is 306 g/mol. The molecule has 2 amide bonds. The van der Waals surface area contributed by atoms with Crippen LogP contribution in [0.4, 0.5) is 5.69 Å². The third-order valence-corrected chi connectivity index (χ3v) is 3.14. The van der Waals surface area contributed by atoms with Crippen molar-refractivity contribution in [3.8, 4) is 5.75 Å². The van der Waals surface area contributed by atoms with Crippen molar-refractivity contribution in [1.82, 2.24) is 10.3 Å². The summed E-state index contributed by atoms with van der Waals surface area (Å²) in [6.07, 6.45) is 1.44. The Balaban J connectivity index is 2.32. The summed E-state index contributed by atoms with van der Waals surface area (Å²) in [6.45, 7) is 0. The number of nitrogens with one attached hydrogen (secondary N) is 2. The fourth-order valence-electron chi connectivity index (χ4n) is 1.80. The van der Waals surface area contributed by atoms with E-state index < -0.39 is 5.91 Å². The van der Waals surface area contributed by atoms with Gasteiger partial charge in [-0.1, -0.05) is 11.6 Å². The van der Waals surface area contributed by atoms with Gasteiger partial charge in [0.05, 0.1) is 18.4 Å². The lowest BCUT2D eigenvalue weighted by atomic mass is 10.1. The molecule has 0 aliphatic carbocycles. The molecule has 114 valence electrons. The van der Waals surface area contributed by atoms with Gasteiger partial charge in [-0.25, -0.2) is 0 Å². The van der Waals surface area contributed by atoms with Crippen molar-refractivity contribution in [3.63, 3.8) is 0 Å². The average Bonchev–Trinajstić information content (AvgIpc) is 2.54. The van der Waals surface area contributed by atoms with E-state index in [1.54, 1.807) is 24.3 Å². The Morgan fingerprint density at radius 2 is 1.95 bits per heavy atom. The van der Waals surface area contributed by atoms with Gasteiger partial charge < -0.3 is 15.4 Å². The molecule has 1 heterocycles. The number of nitrogens with zero attached hydrogens (tertiary/aromatic N) is 1. The van der Waals surface area contributed by atoms with Gasteiger partial charge in [-0.3, -0.25) is 14.6 Å². The Labute approximate surface area is 132 Å². The van der Waals surface area contributed by atoms with Crippen LogP contribution in [0, 0.1) is 0 Å². The number of amides is 2. The second-order valence-corrected chi connectivity index (χ2v) is 4.74. The molecule has 7 heteroatoms. The van der Waals surface area contributed by atoms with E-state index in [0.29, 0.717) is 16.5 Å². The maximum atomic E-state index is 12.2. The molecule has 6 nitrogen and oxygen atoms in total. The molecule has 0 spiro atoms. The van der Waals surface area contributed by atoms with Crippen molar-refractivity contribution in [2.75, 3.05) is 19.5 Å². The lowest BCUT2D eigenvalue weighted by molar-refractivity contribution is 0.0963. The standard InChI is InChI=1S/C15H14ClN3O3/c1-17-14(20)11-8-10(22-2)3-4-12(11)19-15(21)13-7-9(16)5-6-18-13/h3-8H,1-2H3,(H,17,20)(H,19,21). The van der Waals surface area contributed by atoms with Crippen LogP contribution in [0.2, 0.25) is 5.02 Å². The van der Waals surface area contributed by atoms with Crippen LogP contribution in [-0.2, 0) is 0 Å². The summed E-state index contributed by atoms with van der Waals surface area (Å²) in [5, 5.41) is 5.56. The number of ether oxygens (including phenoxy) is 1. The van der Waals surface area contributed by atoms with Gasteiger partial charge in [0.1, 0.15) is 11.4 Å². The number of anilines is 1. The molecule has 1 aromatic heterocycles. The minimum atomic E-state index is -0.460. The van der Waals surface area contributed by atoms with Crippen LogP contribution in [0.3, 0.4) is 0 Å². The highest BCUT2D eigenvalue weighted by molar-refractivity contribution is 6.31. The highest BCUT2D eigenvalue weighted by Gasteiger charge is 2.15. The first-order chi connectivity index (χ1) is 10.5. The molecule has 0 aliphatic heterocycles. The molecule has 2 rings (SSSR count). The van der Waals surface area contributed by atoms with Crippen molar-refractivity contribution in [2.45, 2.75) is 0 Å². The highest BCUT2D eigenvalue weighted by atomic mass is 35.5. The first-order valence-electron chi connectivity index (χ1n) is 6.38. The van der Waals surface area contributed by atoms with Crippen molar-refractivity contribution in [1.29, 1.82) is 0 Å². The fraction of sp³-hybridized carbons (Fsp3) is 0.133. The van der Waals surface area contributed by atoms with Gasteiger partial charge in [0.15, 0.2) is 0 Å². The third-order valence-electron chi connectivity index (χ3n) is 2.90. The average molecular weight is 320 g/mol. The van der Waals surface area contributed by atoms with Crippen LogP contribution in [-0.4, -0.2) is 31.0 Å². The number of halogens is 1. The summed E-state index contributed by atoms with van der Waals surface area (Å²) < 4.78 is 5.09. The van der Waals surface area contributed by atoms with Crippen molar-refractivity contribution >= 4 is 29.1 Å². The Morgan fingerprint density at radius 1 is 1.18 bits per heavy atom. The van der Waals surface area contributed by atoms with Crippen molar-refractivity contribution in [2.24, 2.45) is 0 Å². The zero-order valence-electron chi connectivity index (χ0n) is 12.0. The third kappa shape index (κ3) is 3.53. The Kier molecular flexibility index (Phi) is 4.95. The normalized spacial score (nSPS) is 9.95.